The molecule has 0 aromatic heterocycles. The lowest BCUT2D eigenvalue weighted by Crippen LogP contribution is -2.36. The Hall–Kier alpha value is -1.55. The molecule has 0 saturated carbocycles. The number of aryl methyl sites for hydroxylation is 1. The molecule has 2 unspecified atom stereocenters. The third-order valence-corrected chi connectivity index (χ3v) is 3.76. The highest BCUT2D eigenvalue weighted by Crippen LogP contribution is 2.22. The first kappa shape index (κ1) is 15.8. The van der Waals surface area contributed by atoms with Gasteiger partial charge in [0.05, 0.1) is 0 Å². The summed E-state index contributed by atoms with van der Waals surface area (Å²) in [5.74, 6) is 0.292. The number of likely N-dealkylation sites (tertiary alicyclic amines) is 1. The molecule has 21 heavy (non-hydrogen) atoms. The van der Waals surface area contributed by atoms with Crippen molar-refractivity contribution in [2.75, 3.05) is 13.1 Å². The Morgan fingerprint density at radius 3 is 2.48 bits per heavy atom. The van der Waals surface area contributed by atoms with Crippen LogP contribution in [0.15, 0.2) is 24.3 Å². The first-order valence-electron chi connectivity index (χ1n) is 7.53. The van der Waals surface area contributed by atoms with Gasteiger partial charge in [-0.05, 0) is 45.6 Å². The molecule has 2 atom stereocenters. The van der Waals surface area contributed by atoms with E-state index in [9.17, 15) is 4.79 Å². The van der Waals surface area contributed by atoms with E-state index < -0.39 is 5.60 Å². The van der Waals surface area contributed by atoms with Gasteiger partial charge in [-0.15, -0.1) is 0 Å². The smallest absolute Gasteiger partial charge is 0.410 e. The monoisotopic (exact) mass is 290 g/mol. The number of rotatable bonds is 2. The first-order chi connectivity index (χ1) is 9.74. The van der Waals surface area contributed by atoms with E-state index in [0.717, 1.165) is 6.42 Å². The fraction of sp³-hybridized carbons (Fsp3) is 0.588. The van der Waals surface area contributed by atoms with Crippen LogP contribution in [-0.4, -0.2) is 35.7 Å². The number of carbonyl (C=O) groups excluding carboxylic acids is 1. The van der Waals surface area contributed by atoms with Gasteiger partial charge in [0, 0.05) is 19.1 Å². The molecule has 2 rings (SSSR count). The molecule has 1 fully saturated rings. The number of nitrogens with zero attached hydrogens (tertiary/aromatic N) is 1. The summed E-state index contributed by atoms with van der Waals surface area (Å²) >= 11 is 0. The number of amides is 1. The molecular formula is C17H26N2O2. The number of hydrogen-bond acceptors (Lipinski definition) is 3. The fourth-order valence-corrected chi connectivity index (χ4v) is 2.61. The number of carbonyl (C=O) groups is 1. The molecule has 1 heterocycles. The maximum absolute atomic E-state index is 12.1. The highest BCUT2D eigenvalue weighted by Gasteiger charge is 2.35. The first-order valence-corrected chi connectivity index (χ1v) is 7.53. The van der Waals surface area contributed by atoms with Crippen molar-refractivity contribution in [3.05, 3.63) is 35.4 Å². The SMILES string of the molecule is Cc1ccc(CC2CN(C(=O)OC(C)(C)C)CC2N)cc1. The second-order valence-electron chi connectivity index (χ2n) is 7.00. The molecule has 0 aliphatic carbocycles. The largest absolute Gasteiger partial charge is 0.444 e. The molecule has 1 amide bonds. The van der Waals surface area contributed by atoms with Crippen molar-refractivity contribution in [2.45, 2.75) is 45.8 Å². The lowest BCUT2D eigenvalue weighted by molar-refractivity contribution is 0.0287. The highest BCUT2D eigenvalue weighted by molar-refractivity contribution is 5.68. The number of nitrogens with two attached hydrogens (primary N) is 1. The molecule has 1 aromatic rings. The van der Waals surface area contributed by atoms with Gasteiger partial charge in [-0.3, -0.25) is 0 Å². The van der Waals surface area contributed by atoms with Crippen molar-refractivity contribution >= 4 is 6.09 Å². The molecule has 1 aliphatic heterocycles. The number of benzene rings is 1. The van der Waals surface area contributed by atoms with Crippen molar-refractivity contribution in [3.63, 3.8) is 0 Å². The minimum absolute atomic E-state index is 0.0128. The van der Waals surface area contributed by atoms with E-state index in [1.54, 1.807) is 4.90 Å². The van der Waals surface area contributed by atoms with Crippen LogP contribution < -0.4 is 5.73 Å². The normalized spacial score (nSPS) is 22.4. The summed E-state index contributed by atoms with van der Waals surface area (Å²) in [5, 5.41) is 0. The molecule has 1 aliphatic rings. The molecular weight excluding hydrogens is 264 g/mol. The molecule has 1 saturated heterocycles. The number of hydrogen-bond donors (Lipinski definition) is 1. The zero-order valence-corrected chi connectivity index (χ0v) is 13.4. The summed E-state index contributed by atoms with van der Waals surface area (Å²) in [6, 6.07) is 8.51. The van der Waals surface area contributed by atoms with Gasteiger partial charge in [-0.2, -0.15) is 0 Å². The van der Waals surface area contributed by atoms with Crippen LogP contribution >= 0.6 is 0 Å². The average Bonchev–Trinajstić information content (AvgIpc) is 2.72. The summed E-state index contributed by atoms with van der Waals surface area (Å²) in [7, 11) is 0. The maximum atomic E-state index is 12.1. The topological polar surface area (TPSA) is 55.6 Å². The Morgan fingerprint density at radius 2 is 1.90 bits per heavy atom. The summed E-state index contributed by atoms with van der Waals surface area (Å²) in [4.78, 5) is 13.8. The zero-order valence-electron chi connectivity index (χ0n) is 13.4. The van der Waals surface area contributed by atoms with Crippen molar-refractivity contribution in [1.29, 1.82) is 0 Å². The van der Waals surface area contributed by atoms with Gasteiger partial charge >= 0.3 is 6.09 Å². The van der Waals surface area contributed by atoms with Crippen LogP contribution in [-0.2, 0) is 11.2 Å². The van der Waals surface area contributed by atoms with Crippen LogP contribution in [0.5, 0.6) is 0 Å². The second-order valence-corrected chi connectivity index (χ2v) is 7.00. The Kier molecular flexibility index (Phi) is 4.57. The van der Waals surface area contributed by atoms with Crippen LogP contribution in [0.4, 0.5) is 4.79 Å². The van der Waals surface area contributed by atoms with E-state index in [2.05, 4.69) is 31.2 Å². The van der Waals surface area contributed by atoms with E-state index in [0.29, 0.717) is 19.0 Å². The lowest BCUT2D eigenvalue weighted by atomic mass is 9.95. The van der Waals surface area contributed by atoms with E-state index in [-0.39, 0.29) is 12.1 Å². The molecule has 0 bridgehead atoms. The molecule has 0 spiro atoms. The Balaban J connectivity index is 1.94. The third kappa shape index (κ3) is 4.46. The van der Waals surface area contributed by atoms with E-state index >= 15 is 0 Å². The zero-order chi connectivity index (χ0) is 15.6. The minimum atomic E-state index is -0.462. The van der Waals surface area contributed by atoms with Crippen molar-refractivity contribution < 1.29 is 9.53 Å². The molecule has 1 aromatic carbocycles. The fourth-order valence-electron chi connectivity index (χ4n) is 2.61. The van der Waals surface area contributed by atoms with Gasteiger partial charge in [-0.1, -0.05) is 29.8 Å². The summed E-state index contributed by atoms with van der Waals surface area (Å²) in [6.07, 6.45) is 0.644. The predicted octanol–water partition coefficient (Wildman–Crippen LogP) is 2.73. The van der Waals surface area contributed by atoms with Crippen LogP contribution in [0.25, 0.3) is 0 Å². The van der Waals surface area contributed by atoms with E-state index in [1.807, 2.05) is 20.8 Å². The van der Waals surface area contributed by atoms with Crippen molar-refractivity contribution in [3.8, 4) is 0 Å². The highest BCUT2D eigenvalue weighted by atomic mass is 16.6. The standard InChI is InChI=1S/C17H26N2O2/c1-12-5-7-13(8-6-12)9-14-10-19(11-15(14)18)16(20)21-17(2,3)4/h5-8,14-15H,9-11,18H2,1-4H3. The van der Waals surface area contributed by atoms with Gasteiger partial charge in [-0.25, -0.2) is 4.79 Å². The summed E-state index contributed by atoms with van der Waals surface area (Å²) in [6.45, 7) is 8.96. The lowest BCUT2D eigenvalue weighted by Gasteiger charge is -2.24. The minimum Gasteiger partial charge on any atom is -0.444 e. The van der Waals surface area contributed by atoms with Gasteiger partial charge < -0.3 is 15.4 Å². The van der Waals surface area contributed by atoms with Gasteiger partial charge in [0.1, 0.15) is 5.60 Å². The summed E-state index contributed by atoms with van der Waals surface area (Å²) < 4.78 is 5.42. The van der Waals surface area contributed by atoms with Gasteiger partial charge in [0.25, 0.3) is 0 Å². The Bertz CT molecular complexity index is 491. The van der Waals surface area contributed by atoms with Crippen LogP contribution in [0.2, 0.25) is 0 Å². The maximum Gasteiger partial charge on any atom is 0.410 e. The van der Waals surface area contributed by atoms with E-state index in [4.69, 9.17) is 10.5 Å². The number of ether oxygens (including phenoxy) is 1. The molecule has 4 nitrogen and oxygen atoms in total. The van der Waals surface area contributed by atoms with Gasteiger partial charge in [0.2, 0.25) is 0 Å². The van der Waals surface area contributed by atoms with Crippen LogP contribution in [0.3, 0.4) is 0 Å². The second kappa shape index (κ2) is 6.06. The van der Waals surface area contributed by atoms with Gasteiger partial charge in [0.15, 0.2) is 0 Å². The van der Waals surface area contributed by atoms with Crippen LogP contribution in [0, 0.1) is 12.8 Å². The van der Waals surface area contributed by atoms with Crippen molar-refractivity contribution in [2.24, 2.45) is 11.7 Å². The molecule has 4 heteroatoms. The third-order valence-electron chi connectivity index (χ3n) is 3.76. The predicted molar refractivity (Wildman–Crippen MR) is 84.2 cm³/mol. The summed E-state index contributed by atoms with van der Waals surface area (Å²) in [5.41, 5.74) is 8.26. The molecule has 0 radical (unpaired) electrons. The molecule has 116 valence electrons. The average molecular weight is 290 g/mol. The quantitative estimate of drug-likeness (QED) is 0.911. The van der Waals surface area contributed by atoms with Crippen LogP contribution in [0.1, 0.15) is 31.9 Å². The van der Waals surface area contributed by atoms with E-state index in [1.165, 1.54) is 11.1 Å². The molecule has 2 N–H and O–H groups in total. The van der Waals surface area contributed by atoms with Crippen molar-refractivity contribution in [1.82, 2.24) is 4.90 Å². The Labute approximate surface area is 127 Å². The Morgan fingerprint density at radius 1 is 1.29 bits per heavy atom.